The molecular weight excluding hydrogens is 265 g/mol. The van der Waals surface area contributed by atoms with E-state index in [9.17, 15) is 22.0 Å². The molecule has 1 aromatic carbocycles. The predicted molar refractivity (Wildman–Crippen MR) is 55.9 cm³/mol. The molecule has 98 valence electrons. The Morgan fingerprint density at radius 1 is 1.24 bits per heavy atom. The molecule has 0 aliphatic heterocycles. The summed E-state index contributed by atoms with van der Waals surface area (Å²) < 4.78 is 62.7. The maximum Gasteiger partial charge on any atom is 0.390 e. The molecule has 0 aromatic heterocycles. The van der Waals surface area contributed by atoms with Crippen LogP contribution in [0.15, 0.2) is 12.1 Å². The van der Waals surface area contributed by atoms with Gasteiger partial charge < -0.3 is 5.73 Å². The van der Waals surface area contributed by atoms with Gasteiger partial charge in [0, 0.05) is 11.6 Å². The molecule has 0 aliphatic carbocycles. The lowest BCUT2D eigenvalue weighted by molar-refractivity contribution is -0.138. The molecule has 1 nitrogen and oxygen atoms in total. The van der Waals surface area contributed by atoms with Crippen LogP contribution in [0, 0.1) is 18.6 Å². The van der Waals surface area contributed by atoms with E-state index in [1.807, 2.05) is 0 Å². The van der Waals surface area contributed by atoms with Gasteiger partial charge in [-0.3, -0.25) is 0 Å². The van der Waals surface area contributed by atoms with Crippen LogP contribution >= 0.6 is 12.4 Å². The third kappa shape index (κ3) is 4.12. The van der Waals surface area contributed by atoms with Crippen LogP contribution in [-0.4, -0.2) is 6.18 Å². The predicted octanol–water partition coefficient (Wildman–Crippen LogP) is 3.65. The van der Waals surface area contributed by atoms with Crippen molar-refractivity contribution in [3.05, 3.63) is 34.9 Å². The van der Waals surface area contributed by atoms with Crippen LogP contribution in [0.25, 0.3) is 0 Å². The summed E-state index contributed by atoms with van der Waals surface area (Å²) in [7, 11) is 0. The van der Waals surface area contributed by atoms with Crippen LogP contribution in [0.3, 0.4) is 0 Å². The summed E-state index contributed by atoms with van der Waals surface area (Å²) in [4.78, 5) is 0. The summed E-state index contributed by atoms with van der Waals surface area (Å²) in [6, 6.07) is 0.332. The van der Waals surface area contributed by atoms with Gasteiger partial charge in [-0.25, -0.2) is 8.78 Å². The number of nitrogens with two attached hydrogens (primary N) is 1. The van der Waals surface area contributed by atoms with Crippen molar-refractivity contribution in [2.24, 2.45) is 5.73 Å². The molecule has 0 spiro atoms. The quantitative estimate of drug-likeness (QED) is 0.819. The molecule has 0 unspecified atom stereocenters. The highest BCUT2D eigenvalue weighted by atomic mass is 35.5. The highest BCUT2D eigenvalue weighted by Gasteiger charge is 2.33. The van der Waals surface area contributed by atoms with E-state index in [1.165, 1.54) is 6.92 Å². The summed E-state index contributed by atoms with van der Waals surface area (Å²) >= 11 is 0. The van der Waals surface area contributed by atoms with Crippen LogP contribution in [0.5, 0.6) is 0 Å². The van der Waals surface area contributed by atoms with Crippen molar-refractivity contribution in [3.63, 3.8) is 0 Å². The Morgan fingerprint density at radius 2 is 1.76 bits per heavy atom. The van der Waals surface area contributed by atoms with Gasteiger partial charge in [-0.15, -0.1) is 12.4 Å². The van der Waals surface area contributed by atoms with E-state index in [1.54, 1.807) is 0 Å². The lowest BCUT2D eigenvalue weighted by Crippen LogP contribution is -2.22. The van der Waals surface area contributed by atoms with E-state index in [0.717, 1.165) is 12.1 Å². The van der Waals surface area contributed by atoms with Crippen molar-refractivity contribution < 1.29 is 22.0 Å². The van der Waals surface area contributed by atoms with Crippen LogP contribution in [0.4, 0.5) is 22.0 Å². The molecule has 0 amide bonds. The zero-order valence-corrected chi connectivity index (χ0v) is 9.63. The van der Waals surface area contributed by atoms with E-state index >= 15 is 0 Å². The number of hydrogen-bond donors (Lipinski definition) is 1. The number of halogens is 6. The first-order chi connectivity index (χ1) is 7.22. The first kappa shape index (κ1) is 16.1. The molecule has 17 heavy (non-hydrogen) atoms. The first-order valence-electron chi connectivity index (χ1n) is 4.49. The lowest BCUT2D eigenvalue weighted by atomic mass is 10.0. The van der Waals surface area contributed by atoms with Crippen molar-refractivity contribution in [2.75, 3.05) is 0 Å². The van der Waals surface area contributed by atoms with Crippen molar-refractivity contribution in [3.8, 4) is 0 Å². The van der Waals surface area contributed by atoms with E-state index in [0.29, 0.717) is 0 Å². The minimum Gasteiger partial charge on any atom is -0.323 e. The van der Waals surface area contributed by atoms with Gasteiger partial charge in [0.2, 0.25) is 0 Å². The molecule has 0 fully saturated rings. The Hall–Kier alpha value is -0.880. The number of hydrogen-bond acceptors (Lipinski definition) is 1. The monoisotopic (exact) mass is 275 g/mol. The molecular formula is C10H11ClF5N. The smallest absolute Gasteiger partial charge is 0.323 e. The highest BCUT2D eigenvalue weighted by Crippen LogP contribution is 2.31. The van der Waals surface area contributed by atoms with Gasteiger partial charge in [-0.05, 0) is 18.6 Å². The Labute approximate surface area is 101 Å². The fraction of sp³-hybridized carbons (Fsp3) is 0.400. The maximum absolute atomic E-state index is 13.4. The Kier molecular flexibility index (Phi) is 5.35. The van der Waals surface area contributed by atoms with Gasteiger partial charge in [0.05, 0.1) is 6.42 Å². The van der Waals surface area contributed by atoms with Gasteiger partial charge in [-0.2, -0.15) is 13.2 Å². The Bertz CT molecular complexity index is 391. The number of alkyl halides is 3. The fourth-order valence-corrected chi connectivity index (χ4v) is 1.37. The third-order valence-corrected chi connectivity index (χ3v) is 2.14. The van der Waals surface area contributed by atoms with Crippen molar-refractivity contribution in [2.45, 2.75) is 25.6 Å². The second-order valence-corrected chi connectivity index (χ2v) is 3.52. The normalized spacial score (nSPS) is 13.1. The van der Waals surface area contributed by atoms with Crippen LogP contribution in [0.2, 0.25) is 0 Å². The number of aryl methyl sites for hydroxylation is 1. The molecule has 1 rings (SSSR count). The summed E-state index contributed by atoms with van der Waals surface area (Å²) in [6.07, 6.45) is -6.01. The third-order valence-electron chi connectivity index (χ3n) is 2.14. The van der Waals surface area contributed by atoms with Crippen LogP contribution in [-0.2, 0) is 0 Å². The summed E-state index contributed by atoms with van der Waals surface area (Å²) in [5.41, 5.74) is 4.50. The van der Waals surface area contributed by atoms with Gasteiger partial charge in [0.1, 0.15) is 11.6 Å². The molecule has 0 saturated carbocycles. The van der Waals surface area contributed by atoms with E-state index in [2.05, 4.69) is 0 Å². The zero-order valence-electron chi connectivity index (χ0n) is 8.81. The largest absolute Gasteiger partial charge is 0.390 e. The lowest BCUT2D eigenvalue weighted by Gasteiger charge is -2.16. The fourth-order valence-electron chi connectivity index (χ4n) is 1.37. The topological polar surface area (TPSA) is 26.0 Å². The SMILES string of the molecule is Cc1ccc(F)c([C@H](N)CC(F)(F)F)c1F.Cl. The second kappa shape index (κ2) is 5.64. The highest BCUT2D eigenvalue weighted by molar-refractivity contribution is 5.85. The van der Waals surface area contributed by atoms with Crippen molar-refractivity contribution in [1.29, 1.82) is 0 Å². The standard InChI is InChI=1S/C10H10F5N.ClH/c1-5-2-3-6(11)8(9(5)12)7(16)4-10(13,14)15;/h2-3,7H,4,16H2,1H3;1H/t7-;/m1./s1. The van der Waals surface area contributed by atoms with Crippen LogP contribution in [0.1, 0.15) is 23.6 Å². The molecule has 0 heterocycles. The molecule has 0 saturated heterocycles. The van der Waals surface area contributed by atoms with E-state index < -0.39 is 35.8 Å². The first-order valence-corrected chi connectivity index (χ1v) is 4.49. The van der Waals surface area contributed by atoms with Gasteiger partial charge in [0.15, 0.2) is 0 Å². The van der Waals surface area contributed by atoms with E-state index in [-0.39, 0.29) is 18.0 Å². The van der Waals surface area contributed by atoms with Gasteiger partial charge in [0.25, 0.3) is 0 Å². The van der Waals surface area contributed by atoms with Gasteiger partial charge in [-0.1, -0.05) is 6.07 Å². The Balaban J connectivity index is 0.00000256. The zero-order chi connectivity index (χ0) is 12.5. The molecule has 1 atom stereocenters. The maximum atomic E-state index is 13.4. The summed E-state index contributed by atoms with van der Waals surface area (Å²) in [6.45, 7) is 1.33. The Morgan fingerprint density at radius 3 is 2.24 bits per heavy atom. The summed E-state index contributed by atoms with van der Waals surface area (Å²) in [5, 5.41) is 0. The van der Waals surface area contributed by atoms with Crippen molar-refractivity contribution in [1.82, 2.24) is 0 Å². The second-order valence-electron chi connectivity index (χ2n) is 3.52. The molecule has 0 bridgehead atoms. The summed E-state index contributed by atoms with van der Waals surface area (Å²) in [5.74, 6) is -2.07. The van der Waals surface area contributed by atoms with Crippen molar-refractivity contribution >= 4 is 12.4 Å². The van der Waals surface area contributed by atoms with Gasteiger partial charge >= 0.3 is 6.18 Å². The molecule has 2 N–H and O–H groups in total. The van der Waals surface area contributed by atoms with E-state index in [4.69, 9.17) is 5.73 Å². The molecule has 0 radical (unpaired) electrons. The van der Waals surface area contributed by atoms with Crippen LogP contribution < -0.4 is 5.73 Å². The number of rotatable bonds is 2. The molecule has 1 aromatic rings. The average molecular weight is 276 g/mol. The molecule has 0 aliphatic rings. The molecule has 7 heteroatoms. The minimum absolute atomic E-state index is 0. The average Bonchev–Trinajstić information content (AvgIpc) is 2.09. The minimum atomic E-state index is -4.55. The number of benzene rings is 1.